The molecule has 10 aromatic carbocycles. The van der Waals surface area contributed by atoms with Gasteiger partial charge in [0.1, 0.15) is 0 Å². The Kier molecular flexibility index (Phi) is 14.7. The average molecular weight is 1130 g/mol. The Morgan fingerprint density at radius 1 is 0.402 bits per heavy atom. The zero-order valence-corrected chi connectivity index (χ0v) is 51.6. The van der Waals surface area contributed by atoms with Crippen molar-refractivity contribution in [1.82, 2.24) is 0 Å². The normalized spacial score (nSPS) is 18.6. The van der Waals surface area contributed by atoms with Gasteiger partial charge in [0.15, 0.2) is 0 Å². The molecular weight excluding hydrogens is 1050 g/mol. The summed E-state index contributed by atoms with van der Waals surface area (Å²) >= 11 is 0. The van der Waals surface area contributed by atoms with Gasteiger partial charge >= 0.3 is 0 Å². The molecule has 2 unspecified atom stereocenters. The first-order chi connectivity index (χ1) is 42.5. The Balaban J connectivity index is 0.933. The Bertz CT molecular complexity index is 4140. The van der Waals surface area contributed by atoms with Crippen LogP contribution < -0.4 is 9.80 Å². The fourth-order valence-corrected chi connectivity index (χ4v) is 17.1. The molecule has 2 aliphatic heterocycles. The fraction of sp³-hybridized carbons (Fsp3) is 0.247. The molecule has 10 aromatic rings. The number of anilines is 2. The average Bonchev–Trinajstić information content (AvgIpc) is 1.65. The highest BCUT2D eigenvalue weighted by molar-refractivity contribution is 5.98. The van der Waals surface area contributed by atoms with Crippen LogP contribution in [-0.2, 0) is 34.5 Å². The van der Waals surface area contributed by atoms with Crippen molar-refractivity contribution in [2.45, 2.75) is 126 Å². The van der Waals surface area contributed by atoms with E-state index in [1.54, 1.807) is 0 Å². The van der Waals surface area contributed by atoms with Crippen LogP contribution in [0.2, 0.25) is 0 Å². The van der Waals surface area contributed by atoms with Crippen LogP contribution in [0.1, 0.15) is 123 Å². The van der Waals surface area contributed by atoms with E-state index in [1.807, 2.05) is 0 Å². The van der Waals surface area contributed by atoms with E-state index in [-0.39, 0.29) is 21.7 Å². The van der Waals surface area contributed by atoms with Gasteiger partial charge in [-0.25, -0.2) is 0 Å². The maximum Gasteiger partial charge on any atom is 0.0994 e. The number of nitrogens with zero attached hydrogens (tertiary/aromatic N) is 2. The van der Waals surface area contributed by atoms with Crippen molar-refractivity contribution in [3.63, 3.8) is 0 Å². The highest BCUT2D eigenvalue weighted by Gasteiger charge is 2.53. The first-order valence-electron chi connectivity index (χ1n) is 32.3. The van der Waals surface area contributed by atoms with Gasteiger partial charge in [0.25, 0.3) is 0 Å². The standard InChI is InChI=1S/C85H82N2/c1-60-45-47-66-35-15-19-39-70(66)78(60)82(5,57-64-31-11-7-12-32-64)62(3)29-27-43-76-84(53-23-9-24-54-84)80-72-41-21-17-37-68(72)49-51-74(80)86(76)59-87-75-52-50-69-38-18-22-42-73(69)81(75)85(55-25-10-26-56-85)77(87)44-28-30-63(4)83(6,58-65-33-13-8-14-34-65)79-61(2)46-48-67-36-16-20-40-71(67)79/h7-8,11-22,27-52H,3-4,9-10,23-26,53-59H2,1-2,5-6H3/b29-27+,30-28+,76-43+,77-44+. The predicted molar refractivity (Wildman–Crippen MR) is 372 cm³/mol. The highest BCUT2D eigenvalue weighted by Crippen LogP contribution is 2.61. The summed E-state index contributed by atoms with van der Waals surface area (Å²) < 4.78 is 0. The lowest BCUT2D eigenvalue weighted by molar-refractivity contribution is 0.343. The molecule has 2 heteroatoms. The fourth-order valence-electron chi connectivity index (χ4n) is 17.1. The Labute approximate surface area is 517 Å². The third-order valence-corrected chi connectivity index (χ3v) is 21.3. The van der Waals surface area contributed by atoms with Gasteiger partial charge in [0.2, 0.25) is 0 Å². The van der Waals surface area contributed by atoms with Gasteiger partial charge in [-0.3, -0.25) is 0 Å². The van der Waals surface area contributed by atoms with Gasteiger partial charge in [0.05, 0.1) is 6.67 Å². The molecule has 0 radical (unpaired) electrons. The minimum absolute atomic E-state index is 0.168. The molecular formula is C85H82N2. The van der Waals surface area contributed by atoms with Gasteiger partial charge in [0, 0.05) is 44.4 Å². The van der Waals surface area contributed by atoms with Crippen molar-refractivity contribution < 1.29 is 0 Å². The van der Waals surface area contributed by atoms with Crippen LogP contribution in [0.3, 0.4) is 0 Å². The van der Waals surface area contributed by atoms with Gasteiger partial charge < -0.3 is 9.80 Å². The summed E-state index contributed by atoms with van der Waals surface area (Å²) in [7, 11) is 0. The van der Waals surface area contributed by atoms with E-state index < -0.39 is 0 Å². The molecule has 2 heterocycles. The third kappa shape index (κ3) is 9.63. The molecule has 2 aliphatic carbocycles. The molecule has 2 fully saturated rings. The van der Waals surface area contributed by atoms with E-state index in [1.165, 1.54) is 149 Å². The summed E-state index contributed by atoms with van der Waals surface area (Å²) in [6.07, 6.45) is 28.0. The molecule has 14 rings (SSSR count). The van der Waals surface area contributed by atoms with Crippen molar-refractivity contribution in [2.24, 2.45) is 0 Å². The molecule has 2 nitrogen and oxygen atoms in total. The van der Waals surface area contributed by atoms with Crippen molar-refractivity contribution in [3.8, 4) is 0 Å². The maximum absolute atomic E-state index is 5.06. The first-order valence-corrected chi connectivity index (χ1v) is 32.3. The van der Waals surface area contributed by atoms with Crippen LogP contribution >= 0.6 is 0 Å². The molecule has 432 valence electrons. The number of benzene rings is 10. The van der Waals surface area contributed by atoms with Crippen LogP contribution in [0.5, 0.6) is 0 Å². The summed E-state index contributed by atoms with van der Waals surface area (Å²) in [5, 5.41) is 10.5. The second kappa shape index (κ2) is 22.9. The SMILES string of the molecule is C=C(/C=C/C=C1/N(CN2/C(=C/C=C/C(=C)C(C)(Cc3ccccc3)c3c(C)ccc4ccccc34)C3(CCCCC3)c3c2ccc2ccccc32)c2ccc3ccccc3c2C12CCCCC2)C(C)(Cc1ccccc1)c1c(C)ccc2ccccc12. The third-order valence-electron chi connectivity index (χ3n) is 21.3. The zero-order valence-electron chi connectivity index (χ0n) is 51.6. The predicted octanol–water partition coefficient (Wildman–Crippen LogP) is 22.0. The molecule has 0 amide bonds. The number of rotatable bonds is 14. The zero-order chi connectivity index (χ0) is 59.3. The number of aryl methyl sites for hydroxylation is 2. The summed E-state index contributed by atoms with van der Waals surface area (Å²) in [6, 6.07) is 77.3. The minimum Gasteiger partial charge on any atom is -0.325 e. The second-order valence-electron chi connectivity index (χ2n) is 26.5. The Morgan fingerprint density at radius 3 is 1.13 bits per heavy atom. The van der Waals surface area contributed by atoms with Crippen molar-refractivity contribution in [1.29, 1.82) is 0 Å². The summed E-state index contributed by atoms with van der Waals surface area (Å²) in [5.41, 5.74) is 17.5. The van der Waals surface area contributed by atoms with Gasteiger partial charge in [-0.2, -0.15) is 0 Å². The topological polar surface area (TPSA) is 6.48 Å². The first kappa shape index (κ1) is 56.1. The minimum atomic E-state index is -0.389. The largest absolute Gasteiger partial charge is 0.325 e. The summed E-state index contributed by atoms with van der Waals surface area (Å²) in [5.74, 6) is 0. The summed E-state index contributed by atoms with van der Waals surface area (Å²) in [4.78, 5) is 5.55. The molecule has 0 aromatic heterocycles. The van der Waals surface area contributed by atoms with Crippen LogP contribution in [0.25, 0.3) is 43.1 Å². The van der Waals surface area contributed by atoms with E-state index in [0.29, 0.717) is 6.67 Å². The molecule has 2 spiro atoms. The molecule has 0 saturated heterocycles. The molecule has 2 atom stereocenters. The lowest BCUT2D eigenvalue weighted by atomic mass is 9.67. The number of fused-ring (bicyclic) bond motifs is 10. The van der Waals surface area contributed by atoms with E-state index in [4.69, 9.17) is 13.2 Å². The Morgan fingerprint density at radius 2 is 0.736 bits per heavy atom. The van der Waals surface area contributed by atoms with E-state index in [9.17, 15) is 0 Å². The lowest BCUT2D eigenvalue weighted by Gasteiger charge is -2.40. The van der Waals surface area contributed by atoms with E-state index in [2.05, 4.69) is 280 Å². The summed E-state index contributed by atoms with van der Waals surface area (Å²) in [6.45, 7) is 20.2. The quantitative estimate of drug-likeness (QED) is 0.100. The van der Waals surface area contributed by atoms with Crippen molar-refractivity contribution in [3.05, 3.63) is 323 Å². The molecule has 0 bridgehead atoms. The number of hydrogen-bond acceptors (Lipinski definition) is 2. The van der Waals surface area contributed by atoms with Gasteiger partial charge in [-0.05, 0) is 175 Å². The molecule has 87 heavy (non-hydrogen) atoms. The smallest absolute Gasteiger partial charge is 0.0994 e. The van der Waals surface area contributed by atoms with Crippen LogP contribution in [0, 0.1) is 13.8 Å². The number of allylic oxidation sites excluding steroid dienone is 10. The maximum atomic E-state index is 5.06. The molecule has 2 saturated carbocycles. The van der Waals surface area contributed by atoms with Gasteiger partial charge in [-0.15, -0.1) is 0 Å². The van der Waals surface area contributed by atoms with Crippen molar-refractivity contribution >= 4 is 54.5 Å². The van der Waals surface area contributed by atoms with Crippen LogP contribution in [0.15, 0.2) is 278 Å². The molecule has 4 aliphatic rings. The van der Waals surface area contributed by atoms with E-state index in [0.717, 1.165) is 49.7 Å². The highest BCUT2D eigenvalue weighted by atomic mass is 15.4. The van der Waals surface area contributed by atoms with E-state index >= 15 is 0 Å². The van der Waals surface area contributed by atoms with Crippen LogP contribution in [0.4, 0.5) is 11.4 Å². The monoisotopic (exact) mass is 1130 g/mol. The van der Waals surface area contributed by atoms with Crippen molar-refractivity contribution in [2.75, 3.05) is 16.5 Å². The number of hydrogen-bond donors (Lipinski definition) is 0. The Hall–Kier alpha value is -8.72. The lowest BCUT2D eigenvalue weighted by Crippen LogP contribution is -2.41. The van der Waals surface area contributed by atoms with Gasteiger partial charge in [-0.1, -0.05) is 284 Å². The molecule has 0 N–H and O–H groups in total. The van der Waals surface area contributed by atoms with Crippen LogP contribution in [-0.4, -0.2) is 6.67 Å². The second-order valence-corrected chi connectivity index (χ2v) is 26.5.